The second kappa shape index (κ2) is 5.45. The first-order valence-electron chi connectivity index (χ1n) is 8.78. The van der Waals surface area contributed by atoms with Gasteiger partial charge in [-0.2, -0.15) is 0 Å². The largest absolute Gasteiger partial charge is 0.264 e. The Hall–Kier alpha value is -2.67. The van der Waals surface area contributed by atoms with Crippen LogP contribution in [0, 0.1) is 0 Å². The summed E-state index contributed by atoms with van der Waals surface area (Å²) >= 11 is 0. The van der Waals surface area contributed by atoms with E-state index in [4.69, 9.17) is 0 Å². The molecule has 116 valence electrons. The van der Waals surface area contributed by atoms with Crippen LogP contribution in [0.2, 0.25) is 0 Å². The maximum Gasteiger partial charge on any atom is 0.0346 e. The molecule has 0 fully saturated rings. The number of aromatic nitrogens is 1. The molecule has 0 N–H and O–H groups in total. The Bertz CT molecular complexity index is 1050. The average Bonchev–Trinajstić information content (AvgIpc) is 2.67. The molecule has 1 nitrogen and oxygen atoms in total. The van der Waals surface area contributed by atoms with Crippen LogP contribution in [-0.4, -0.2) is 4.98 Å². The first kappa shape index (κ1) is 13.7. The molecule has 1 heteroatoms. The quantitative estimate of drug-likeness (QED) is 0.397. The molecule has 1 aliphatic rings. The van der Waals surface area contributed by atoms with Gasteiger partial charge in [-0.05, 0) is 76.1 Å². The number of aryl methyl sites for hydroxylation is 2. The van der Waals surface area contributed by atoms with E-state index >= 15 is 0 Å². The van der Waals surface area contributed by atoms with Crippen LogP contribution in [0.5, 0.6) is 0 Å². The number of benzene rings is 3. The van der Waals surface area contributed by atoms with Crippen molar-refractivity contribution >= 4 is 21.5 Å². The summed E-state index contributed by atoms with van der Waals surface area (Å²) in [6.45, 7) is 0. The minimum absolute atomic E-state index is 1.19. The molecule has 0 aliphatic heterocycles. The van der Waals surface area contributed by atoms with E-state index in [1.807, 2.05) is 18.5 Å². The predicted molar refractivity (Wildman–Crippen MR) is 101 cm³/mol. The van der Waals surface area contributed by atoms with Crippen LogP contribution in [0.15, 0.2) is 67.0 Å². The van der Waals surface area contributed by atoms with Gasteiger partial charge in [0.2, 0.25) is 0 Å². The van der Waals surface area contributed by atoms with Gasteiger partial charge in [0, 0.05) is 18.0 Å². The summed E-state index contributed by atoms with van der Waals surface area (Å²) in [7, 11) is 0. The Morgan fingerprint density at radius 3 is 2.62 bits per heavy atom. The Morgan fingerprint density at radius 2 is 1.71 bits per heavy atom. The number of fused-ring (bicyclic) bond motifs is 5. The monoisotopic (exact) mass is 309 g/mol. The standard InChI is InChI=1S/C23H19N/c1-4-10-20-16(6-1)11-12-21-19-9-3-2-7-17(19)14-22(23(20)21)18-8-5-13-24-15-18/h2-3,5,7-9,11-15H,1,4,6,10H2. The zero-order valence-corrected chi connectivity index (χ0v) is 13.6. The molecule has 0 saturated carbocycles. The van der Waals surface area contributed by atoms with Crippen molar-refractivity contribution in [2.24, 2.45) is 0 Å². The summed E-state index contributed by atoms with van der Waals surface area (Å²) in [6.07, 6.45) is 8.86. The van der Waals surface area contributed by atoms with E-state index in [1.54, 1.807) is 5.56 Å². The highest BCUT2D eigenvalue weighted by Gasteiger charge is 2.17. The van der Waals surface area contributed by atoms with E-state index in [0.29, 0.717) is 0 Å². The summed E-state index contributed by atoms with van der Waals surface area (Å²) in [5.41, 5.74) is 5.64. The highest BCUT2D eigenvalue weighted by molar-refractivity contribution is 6.15. The van der Waals surface area contributed by atoms with Crippen molar-refractivity contribution in [3.63, 3.8) is 0 Å². The first-order valence-corrected chi connectivity index (χ1v) is 8.78. The van der Waals surface area contributed by atoms with Crippen LogP contribution < -0.4 is 0 Å². The van der Waals surface area contributed by atoms with Gasteiger partial charge in [0.15, 0.2) is 0 Å². The van der Waals surface area contributed by atoms with E-state index in [1.165, 1.54) is 63.9 Å². The van der Waals surface area contributed by atoms with Crippen molar-refractivity contribution in [3.05, 3.63) is 78.1 Å². The lowest BCUT2D eigenvalue weighted by molar-refractivity contribution is 0.690. The number of rotatable bonds is 1. The van der Waals surface area contributed by atoms with Crippen molar-refractivity contribution in [1.29, 1.82) is 0 Å². The minimum atomic E-state index is 1.19. The van der Waals surface area contributed by atoms with Gasteiger partial charge < -0.3 is 0 Å². The summed E-state index contributed by atoms with van der Waals surface area (Å²) in [6, 6.07) is 20.0. The van der Waals surface area contributed by atoms with Gasteiger partial charge in [0.1, 0.15) is 0 Å². The van der Waals surface area contributed by atoms with Gasteiger partial charge in [-0.25, -0.2) is 0 Å². The molecule has 0 atom stereocenters. The molecule has 4 aromatic rings. The highest BCUT2D eigenvalue weighted by atomic mass is 14.6. The molecule has 0 amide bonds. The Balaban J connectivity index is 1.98. The lowest BCUT2D eigenvalue weighted by Crippen LogP contribution is -2.04. The van der Waals surface area contributed by atoms with Crippen LogP contribution in [-0.2, 0) is 12.8 Å². The van der Waals surface area contributed by atoms with E-state index in [0.717, 1.165) is 0 Å². The second-order valence-electron chi connectivity index (χ2n) is 6.72. The third kappa shape index (κ3) is 2.05. The van der Waals surface area contributed by atoms with E-state index < -0.39 is 0 Å². The molecule has 0 spiro atoms. The average molecular weight is 309 g/mol. The Kier molecular flexibility index (Phi) is 3.12. The fourth-order valence-corrected chi connectivity index (χ4v) is 4.21. The lowest BCUT2D eigenvalue weighted by atomic mass is 9.83. The van der Waals surface area contributed by atoms with E-state index in [9.17, 15) is 0 Å². The van der Waals surface area contributed by atoms with Crippen LogP contribution in [0.1, 0.15) is 24.0 Å². The third-order valence-electron chi connectivity index (χ3n) is 5.33. The van der Waals surface area contributed by atoms with Gasteiger partial charge in [-0.1, -0.05) is 42.5 Å². The fourth-order valence-electron chi connectivity index (χ4n) is 4.21. The molecule has 1 heterocycles. The van der Waals surface area contributed by atoms with Gasteiger partial charge >= 0.3 is 0 Å². The second-order valence-corrected chi connectivity index (χ2v) is 6.72. The summed E-state index contributed by atoms with van der Waals surface area (Å²) in [4.78, 5) is 4.36. The van der Waals surface area contributed by atoms with E-state index in [-0.39, 0.29) is 0 Å². The topological polar surface area (TPSA) is 12.9 Å². The van der Waals surface area contributed by atoms with Crippen molar-refractivity contribution in [1.82, 2.24) is 4.98 Å². The summed E-state index contributed by atoms with van der Waals surface area (Å²) in [5, 5.41) is 5.49. The Labute approximate surface area is 142 Å². The van der Waals surface area contributed by atoms with Gasteiger partial charge in [-0.3, -0.25) is 4.98 Å². The van der Waals surface area contributed by atoms with Crippen LogP contribution >= 0.6 is 0 Å². The molecule has 1 aliphatic carbocycles. The number of hydrogen-bond donors (Lipinski definition) is 0. The molecule has 0 radical (unpaired) electrons. The first-order chi connectivity index (χ1) is 11.9. The number of pyridine rings is 1. The molecule has 24 heavy (non-hydrogen) atoms. The minimum Gasteiger partial charge on any atom is -0.264 e. The van der Waals surface area contributed by atoms with E-state index in [2.05, 4.69) is 53.5 Å². The maximum atomic E-state index is 4.36. The van der Waals surface area contributed by atoms with Crippen LogP contribution in [0.25, 0.3) is 32.7 Å². The SMILES string of the molecule is c1cncc(-c2cc3ccccc3c3ccc4c(c23)CCCC4)c1. The summed E-state index contributed by atoms with van der Waals surface area (Å²) < 4.78 is 0. The molecular weight excluding hydrogens is 290 g/mol. The zero-order chi connectivity index (χ0) is 15.9. The lowest BCUT2D eigenvalue weighted by Gasteiger charge is -2.21. The Morgan fingerprint density at radius 1 is 0.792 bits per heavy atom. The molecular formula is C23H19N. The molecule has 5 rings (SSSR count). The smallest absolute Gasteiger partial charge is 0.0346 e. The molecule has 1 aromatic heterocycles. The molecule has 3 aromatic carbocycles. The third-order valence-corrected chi connectivity index (χ3v) is 5.33. The van der Waals surface area contributed by atoms with Gasteiger partial charge in [0.25, 0.3) is 0 Å². The van der Waals surface area contributed by atoms with Crippen molar-refractivity contribution in [2.45, 2.75) is 25.7 Å². The van der Waals surface area contributed by atoms with Gasteiger partial charge in [-0.15, -0.1) is 0 Å². The van der Waals surface area contributed by atoms with Gasteiger partial charge in [0.05, 0.1) is 0 Å². The van der Waals surface area contributed by atoms with Crippen molar-refractivity contribution < 1.29 is 0 Å². The molecule has 0 saturated heterocycles. The van der Waals surface area contributed by atoms with Crippen LogP contribution in [0.3, 0.4) is 0 Å². The van der Waals surface area contributed by atoms with Crippen molar-refractivity contribution in [2.75, 3.05) is 0 Å². The summed E-state index contributed by atoms with van der Waals surface area (Å²) in [5.74, 6) is 0. The number of hydrogen-bond acceptors (Lipinski definition) is 1. The van der Waals surface area contributed by atoms with Crippen LogP contribution in [0.4, 0.5) is 0 Å². The predicted octanol–water partition coefficient (Wildman–Crippen LogP) is 5.93. The van der Waals surface area contributed by atoms with Crippen molar-refractivity contribution in [3.8, 4) is 11.1 Å². The fraction of sp³-hybridized carbons (Fsp3) is 0.174. The maximum absolute atomic E-state index is 4.36. The molecule has 0 unspecified atom stereocenters. The zero-order valence-electron chi connectivity index (χ0n) is 13.6. The number of nitrogens with zero attached hydrogens (tertiary/aromatic N) is 1. The molecule has 0 bridgehead atoms. The highest BCUT2D eigenvalue weighted by Crippen LogP contribution is 2.39. The normalized spacial score (nSPS) is 14.0.